The first-order chi connectivity index (χ1) is 8.99. The zero-order valence-corrected chi connectivity index (χ0v) is 13.3. The van der Waals surface area contributed by atoms with E-state index in [4.69, 9.17) is 11.6 Å². The van der Waals surface area contributed by atoms with Crippen molar-refractivity contribution in [3.8, 4) is 0 Å². The van der Waals surface area contributed by atoms with E-state index in [0.717, 1.165) is 19.3 Å². The van der Waals surface area contributed by atoms with Gasteiger partial charge in [0.15, 0.2) is 0 Å². The molecular formula is C12H14BrClN2O2S. The molecule has 0 saturated heterocycles. The topological polar surface area (TPSA) is 59.1 Å². The van der Waals surface area contributed by atoms with Gasteiger partial charge in [-0.05, 0) is 47.2 Å². The van der Waals surface area contributed by atoms with Gasteiger partial charge in [-0.15, -0.1) is 0 Å². The normalized spacial score (nSPS) is 19.6. The van der Waals surface area contributed by atoms with Gasteiger partial charge in [-0.2, -0.15) is 0 Å². The largest absolute Gasteiger partial charge is 0.243 e. The van der Waals surface area contributed by atoms with E-state index in [1.54, 1.807) is 0 Å². The fraction of sp³-hybridized carbons (Fsp3) is 0.417. The van der Waals surface area contributed by atoms with Crippen molar-refractivity contribution in [1.82, 2.24) is 9.71 Å². The Kier molecular flexibility index (Phi) is 5.00. The number of rotatable bonds is 4. The molecule has 1 N–H and O–H groups in total. The van der Waals surface area contributed by atoms with E-state index in [1.165, 1.54) is 12.3 Å². The molecule has 1 unspecified atom stereocenters. The molecule has 0 radical (unpaired) electrons. The molecule has 1 atom stereocenters. The lowest BCUT2D eigenvalue weighted by atomic mass is 9.95. The molecule has 0 aliphatic heterocycles. The second-order valence-corrected chi connectivity index (χ2v) is 7.45. The molecule has 4 nitrogen and oxygen atoms in total. The number of allylic oxidation sites excluding steroid dienone is 2. The minimum absolute atomic E-state index is 0.00916. The van der Waals surface area contributed by atoms with Gasteiger partial charge in [0.1, 0.15) is 10.0 Å². The first-order valence-corrected chi connectivity index (χ1v) is 8.60. The van der Waals surface area contributed by atoms with Gasteiger partial charge in [-0.3, -0.25) is 0 Å². The Hall–Kier alpha value is -0.430. The van der Waals surface area contributed by atoms with Crippen LogP contribution in [0.4, 0.5) is 0 Å². The third kappa shape index (κ3) is 4.02. The summed E-state index contributed by atoms with van der Waals surface area (Å²) in [7, 11) is -3.61. The van der Waals surface area contributed by atoms with E-state index in [-0.39, 0.29) is 10.0 Å². The lowest BCUT2D eigenvalue weighted by molar-refractivity contribution is 0.468. The second-order valence-electron chi connectivity index (χ2n) is 4.44. The van der Waals surface area contributed by atoms with Crippen LogP contribution in [-0.2, 0) is 10.0 Å². The monoisotopic (exact) mass is 364 g/mol. The Morgan fingerprint density at radius 1 is 1.47 bits per heavy atom. The summed E-state index contributed by atoms with van der Waals surface area (Å²) < 4.78 is 27.5. The molecule has 1 heterocycles. The van der Waals surface area contributed by atoms with Gasteiger partial charge in [0.05, 0.1) is 0 Å². The second kappa shape index (κ2) is 6.35. The lowest BCUT2D eigenvalue weighted by Gasteiger charge is -2.18. The minimum Gasteiger partial charge on any atom is -0.242 e. The van der Waals surface area contributed by atoms with Crippen molar-refractivity contribution < 1.29 is 8.42 Å². The average molecular weight is 366 g/mol. The molecule has 0 amide bonds. The summed E-state index contributed by atoms with van der Waals surface area (Å²) in [6, 6.07) is 1.46. The number of hydrogen-bond acceptors (Lipinski definition) is 3. The summed E-state index contributed by atoms with van der Waals surface area (Å²) in [6.07, 6.45) is 8.60. The molecule has 19 heavy (non-hydrogen) atoms. The molecule has 0 fully saturated rings. The van der Waals surface area contributed by atoms with Crippen molar-refractivity contribution in [3.05, 3.63) is 34.0 Å². The van der Waals surface area contributed by atoms with Crippen LogP contribution < -0.4 is 4.72 Å². The highest BCUT2D eigenvalue weighted by molar-refractivity contribution is 9.10. The van der Waals surface area contributed by atoms with Crippen LogP contribution in [0.1, 0.15) is 19.3 Å². The van der Waals surface area contributed by atoms with Crippen LogP contribution in [0, 0.1) is 5.92 Å². The van der Waals surface area contributed by atoms with Crippen molar-refractivity contribution in [2.24, 2.45) is 5.92 Å². The van der Waals surface area contributed by atoms with Crippen LogP contribution in [-0.4, -0.2) is 19.9 Å². The summed E-state index contributed by atoms with van der Waals surface area (Å²) in [5, 5.41) is -0.0146. The maximum absolute atomic E-state index is 12.2. The first kappa shape index (κ1) is 15.0. The summed E-state index contributed by atoms with van der Waals surface area (Å²) in [6.45, 7) is 0.426. The SMILES string of the molecule is O=S(=O)(NCC1CC=CCC1)c1cc(Br)cnc1Cl. The van der Waals surface area contributed by atoms with Crippen molar-refractivity contribution in [2.45, 2.75) is 24.2 Å². The Balaban J connectivity index is 2.09. The standard InChI is InChI=1S/C12H14BrClN2O2S/c13-10-6-11(12(14)15-8-10)19(17,18)16-7-9-4-2-1-3-5-9/h1-2,6,8-9,16H,3-5,7H2. The number of nitrogens with one attached hydrogen (secondary N) is 1. The molecule has 0 bridgehead atoms. The van der Waals surface area contributed by atoms with Crippen molar-refractivity contribution in [2.75, 3.05) is 6.54 Å². The molecule has 1 aliphatic rings. The van der Waals surface area contributed by atoms with E-state index in [0.29, 0.717) is 16.9 Å². The summed E-state index contributed by atoms with van der Waals surface area (Å²) in [5.41, 5.74) is 0. The Bertz CT molecular complexity index is 589. The fourth-order valence-electron chi connectivity index (χ4n) is 1.94. The van der Waals surface area contributed by atoms with Gasteiger partial charge in [-0.1, -0.05) is 23.8 Å². The third-order valence-corrected chi connectivity index (χ3v) is 5.29. The van der Waals surface area contributed by atoms with E-state index in [1.807, 2.05) is 0 Å². The Labute approximate surface area is 126 Å². The highest BCUT2D eigenvalue weighted by atomic mass is 79.9. The molecule has 0 aromatic carbocycles. The number of pyridine rings is 1. The fourth-order valence-corrected chi connectivity index (χ4v) is 4.00. The average Bonchev–Trinajstić information content (AvgIpc) is 2.40. The van der Waals surface area contributed by atoms with Gasteiger partial charge >= 0.3 is 0 Å². The molecule has 2 rings (SSSR count). The van der Waals surface area contributed by atoms with Crippen LogP contribution in [0.15, 0.2) is 33.8 Å². The van der Waals surface area contributed by atoms with Crippen molar-refractivity contribution in [3.63, 3.8) is 0 Å². The van der Waals surface area contributed by atoms with Crippen molar-refractivity contribution in [1.29, 1.82) is 0 Å². The number of sulfonamides is 1. The van der Waals surface area contributed by atoms with E-state index in [9.17, 15) is 8.42 Å². The Morgan fingerprint density at radius 3 is 2.95 bits per heavy atom. The molecule has 7 heteroatoms. The number of aromatic nitrogens is 1. The van der Waals surface area contributed by atoms with Crippen LogP contribution in [0.3, 0.4) is 0 Å². The summed E-state index contributed by atoms with van der Waals surface area (Å²) in [4.78, 5) is 3.84. The molecular weight excluding hydrogens is 352 g/mol. The lowest BCUT2D eigenvalue weighted by Crippen LogP contribution is -2.30. The predicted molar refractivity (Wildman–Crippen MR) is 78.6 cm³/mol. The van der Waals surface area contributed by atoms with Crippen LogP contribution in [0.2, 0.25) is 5.15 Å². The number of hydrogen-bond donors (Lipinski definition) is 1. The van der Waals surface area contributed by atoms with Gasteiger partial charge in [0.2, 0.25) is 10.0 Å². The predicted octanol–water partition coefficient (Wildman–Crippen LogP) is 3.13. The van der Waals surface area contributed by atoms with E-state index >= 15 is 0 Å². The summed E-state index contributed by atoms with van der Waals surface area (Å²) in [5.74, 6) is 0.346. The zero-order valence-electron chi connectivity index (χ0n) is 10.1. The van der Waals surface area contributed by atoms with Gasteiger partial charge < -0.3 is 0 Å². The van der Waals surface area contributed by atoms with Gasteiger partial charge in [-0.25, -0.2) is 18.1 Å². The first-order valence-electron chi connectivity index (χ1n) is 5.95. The van der Waals surface area contributed by atoms with Crippen molar-refractivity contribution >= 4 is 37.6 Å². The third-order valence-electron chi connectivity index (χ3n) is 3.00. The van der Waals surface area contributed by atoms with E-state index < -0.39 is 10.0 Å². The van der Waals surface area contributed by atoms with Gasteiger partial charge in [0.25, 0.3) is 0 Å². The molecule has 104 valence electrons. The maximum Gasteiger partial charge on any atom is 0.243 e. The minimum atomic E-state index is -3.61. The maximum atomic E-state index is 12.2. The summed E-state index contributed by atoms with van der Waals surface area (Å²) >= 11 is 9.03. The van der Waals surface area contributed by atoms with Crippen LogP contribution in [0.25, 0.3) is 0 Å². The highest BCUT2D eigenvalue weighted by Gasteiger charge is 2.21. The highest BCUT2D eigenvalue weighted by Crippen LogP contribution is 2.23. The van der Waals surface area contributed by atoms with Crippen LogP contribution >= 0.6 is 27.5 Å². The number of halogens is 2. The van der Waals surface area contributed by atoms with Gasteiger partial charge in [0, 0.05) is 17.2 Å². The molecule has 1 aromatic heterocycles. The Morgan fingerprint density at radius 2 is 2.26 bits per heavy atom. The van der Waals surface area contributed by atoms with Crippen LogP contribution in [0.5, 0.6) is 0 Å². The smallest absolute Gasteiger partial charge is 0.242 e. The molecule has 0 spiro atoms. The molecule has 0 saturated carbocycles. The zero-order chi connectivity index (χ0) is 13.9. The molecule has 1 aromatic rings. The van der Waals surface area contributed by atoms with E-state index in [2.05, 4.69) is 37.8 Å². The number of nitrogens with zero attached hydrogens (tertiary/aromatic N) is 1. The molecule has 1 aliphatic carbocycles. The quantitative estimate of drug-likeness (QED) is 0.659.